The molecule has 6 rings (SSSR count). The number of hydrogen-bond acceptors (Lipinski definition) is 8. The Bertz CT molecular complexity index is 1710. The molecule has 3 N–H and O–H groups in total. The molecular formula is C31H36F2N6O5S. The van der Waals surface area contributed by atoms with Crippen LogP contribution in [0.25, 0.3) is 0 Å². The molecule has 240 valence electrons. The third kappa shape index (κ3) is 6.37. The summed E-state index contributed by atoms with van der Waals surface area (Å²) in [5.74, 6) is -2.50. The summed E-state index contributed by atoms with van der Waals surface area (Å²) in [6.07, 6.45) is 1.46. The van der Waals surface area contributed by atoms with Crippen LogP contribution >= 0.6 is 0 Å². The van der Waals surface area contributed by atoms with Crippen molar-refractivity contribution in [1.82, 2.24) is 19.8 Å². The highest BCUT2D eigenvalue weighted by atomic mass is 32.2. The smallest absolute Gasteiger partial charge is 0.243 e. The van der Waals surface area contributed by atoms with Crippen LogP contribution in [0, 0.1) is 11.6 Å². The highest BCUT2D eigenvalue weighted by molar-refractivity contribution is 7.89. The standard InChI is InChI=1S/C31H36F2N6O5S/c1-31(2)18-39(45(42,43)22-13-19(32)12-20(33)14-22)17-24-27(36-37-29(24)31)16-28(40)23-6-5-21(38-8-10-44-11-9-38)15-26(23)35-30(41)25-4-3-7-34-25/h5-6,12-15,25,34H,3-4,7-11,16-18H2,1-2H3,(H,35,41)(H,36,37)/t25-/m0/s1. The first-order valence-corrected chi connectivity index (χ1v) is 16.4. The number of halogens is 2. The lowest BCUT2D eigenvalue weighted by molar-refractivity contribution is -0.117. The van der Waals surface area contributed by atoms with Crippen LogP contribution in [0.15, 0.2) is 41.3 Å². The van der Waals surface area contributed by atoms with Gasteiger partial charge in [-0.1, -0.05) is 13.8 Å². The number of nitrogens with one attached hydrogen (secondary N) is 3. The zero-order valence-electron chi connectivity index (χ0n) is 25.2. The van der Waals surface area contributed by atoms with Crippen molar-refractivity contribution in [2.24, 2.45) is 0 Å². The van der Waals surface area contributed by atoms with E-state index in [0.29, 0.717) is 67.0 Å². The van der Waals surface area contributed by atoms with Gasteiger partial charge in [-0.15, -0.1) is 0 Å². The first-order chi connectivity index (χ1) is 21.4. The fraction of sp³-hybridized carbons (Fsp3) is 0.452. The first-order valence-electron chi connectivity index (χ1n) is 15.0. The lowest BCUT2D eigenvalue weighted by Gasteiger charge is -2.36. The summed E-state index contributed by atoms with van der Waals surface area (Å²) in [6, 6.07) is 7.21. The predicted molar refractivity (Wildman–Crippen MR) is 163 cm³/mol. The number of anilines is 2. The summed E-state index contributed by atoms with van der Waals surface area (Å²) in [5.41, 5.74) is 2.39. The van der Waals surface area contributed by atoms with Crippen LogP contribution in [-0.2, 0) is 37.9 Å². The summed E-state index contributed by atoms with van der Waals surface area (Å²) in [4.78, 5) is 28.6. The Kier molecular flexibility index (Phi) is 8.50. The van der Waals surface area contributed by atoms with Crippen LogP contribution in [0.2, 0.25) is 0 Å². The molecule has 14 heteroatoms. The lowest BCUT2D eigenvalue weighted by atomic mass is 9.83. The second kappa shape index (κ2) is 12.2. The number of H-pyrrole nitrogens is 1. The van der Waals surface area contributed by atoms with Crippen molar-refractivity contribution >= 4 is 33.1 Å². The molecule has 3 aromatic rings. The minimum Gasteiger partial charge on any atom is -0.378 e. The van der Waals surface area contributed by atoms with Gasteiger partial charge in [-0.3, -0.25) is 14.7 Å². The number of nitrogens with zero attached hydrogens (tertiary/aromatic N) is 3. The predicted octanol–water partition coefficient (Wildman–Crippen LogP) is 3.12. The van der Waals surface area contributed by atoms with Crippen molar-refractivity contribution in [2.75, 3.05) is 49.6 Å². The van der Waals surface area contributed by atoms with E-state index in [4.69, 9.17) is 4.74 Å². The minimum atomic E-state index is -4.28. The number of benzene rings is 2. The third-order valence-electron chi connectivity index (χ3n) is 8.63. The number of carbonyl (C=O) groups is 2. The van der Waals surface area contributed by atoms with Crippen LogP contribution in [0.4, 0.5) is 20.2 Å². The lowest BCUT2D eigenvalue weighted by Crippen LogP contribution is -2.45. The normalized spacial score (nSPS) is 20.2. The average Bonchev–Trinajstić information content (AvgIpc) is 3.68. The number of Topliss-reactive ketones (excluding diaryl/α,β-unsaturated/α-hetero) is 1. The number of ether oxygens (including phenoxy) is 1. The molecule has 0 spiro atoms. The van der Waals surface area contributed by atoms with E-state index in [0.717, 1.165) is 35.1 Å². The molecule has 1 atom stereocenters. The van der Waals surface area contributed by atoms with E-state index in [1.165, 1.54) is 0 Å². The highest BCUT2D eigenvalue weighted by Crippen LogP contribution is 2.37. The minimum absolute atomic E-state index is 0.0209. The maximum Gasteiger partial charge on any atom is 0.243 e. The van der Waals surface area contributed by atoms with Crippen molar-refractivity contribution in [3.63, 3.8) is 0 Å². The highest BCUT2D eigenvalue weighted by Gasteiger charge is 2.41. The third-order valence-corrected chi connectivity index (χ3v) is 10.4. The summed E-state index contributed by atoms with van der Waals surface area (Å²) < 4.78 is 61.6. The van der Waals surface area contributed by atoms with E-state index in [-0.39, 0.29) is 37.2 Å². The zero-order chi connectivity index (χ0) is 31.9. The van der Waals surface area contributed by atoms with Crippen molar-refractivity contribution in [3.05, 3.63) is 70.5 Å². The topological polar surface area (TPSA) is 137 Å². The molecule has 0 bridgehead atoms. The Hall–Kier alpha value is -3.72. The average molecular weight is 643 g/mol. The second-order valence-corrected chi connectivity index (χ2v) is 14.3. The Morgan fingerprint density at radius 3 is 2.53 bits per heavy atom. The molecule has 45 heavy (non-hydrogen) atoms. The van der Waals surface area contributed by atoms with E-state index in [1.54, 1.807) is 6.07 Å². The van der Waals surface area contributed by atoms with E-state index < -0.39 is 32.0 Å². The number of aromatic amines is 1. The molecular weight excluding hydrogens is 606 g/mol. The summed E-state index contributed by atoms with van der Waals surface area (Å²) >= 11 is 0. The number of fused-ring (bicyclic) bond motifs is 1. The molecule has 3 aliphatic heterocycles. The summed E-state index contributed by atoms with van der Waals surface area (Å²) in [6.45, 7) is 6.80. The molecule has 2 fully saturated rings. The van der Waals surface area contributed by atoms with Gasteiger partial charge < -0.3 is 20.3 Å². The number of aromatic nitrogens is 2. The number of carbonyl (C=O) groups excluding carboxylic acids is 2. The Labute approximate surface area is 260 Å². The largest absolute Gasteiger partial charge is 0.378 e. The van der Waals surface area contributed by atoms with Gasteiger partial charge in [0.1, 0.15) is 11.6 Å². The quantitative estimate of drug-likeness (QED) is 0.319. The van der Waals surface area contributed by atoms with Crippen LogP contribution in [0.3, 0.4) is 0 Å². The van der Waals surface area contributed by atoms with Gasteiger partial charge in [0.2, 0.25) is 15.9 Å². The van der Waals surface area contributed by atoms with Gasteiger partial charge >= 0.3 is 0 Å². The number of sulfonamides is 1. The molecule has 0 aliphatic carbocycles. The van der Waals surface area contributed by atoms with Gasteiger partial charge in [-0.2, -0.15) is 9.40 Å². The number of hydrogen-bond donors (Lipinski definition) is 3. The molecule has 0 saturated carbocycles. The van der Waals surface area contributed by atoms with Crippen molar-refractivity contribution in [2.45, 2.75) is 56.0 Å². The van der Waals surface area contributed by atoms with E-state index >= 15 is 0 Å². The first kappa shape index (κ1) is 31.3. The van der Waals surface area contributed by atoms with Gasteiger partial charge in [0, 0.05) is 60.2 Å². The van der Waals surface area contributed by atoms with Gasteiger partial charge in [0.05, 0.1) is 42.0 Å². The fourth-order valence-electron chi connectivity index (χ4n) is 6.30. The molecule has 4 heterocycles. The Morgan fingerprint density at radius 2 is 1.84 bits per heavy atom. The monoisotopic (exact) mass is 642 g/mol. The number of amides is 1. The molecule has 1 amide bonds. The van der Waals surface area contributed by atoms with Gasteiger partial charge in [0.25, 0.3) is 0 Å². The molecule has 2 aromatic carbocycles. The number of ketones is 1. The van der Waals surface area contributed by atoms with Crippen molar-refractivity contribution in [1.29, 1.82) is 0 Å². The fourth-order valence-corrected chi connectivity index (χ4v) is 7.92. The SMILES string of the molecule is CC1(C)CN(S(=O)(=O)c2cc(F)cc(F)c2)Cc2c1n[nH]c2CC(=O)c1ccc(N2CCOCC2)cc1NC(=O)[C@@H]1CCCN1. The molecule has 11 nitrogen and oxygen atoms in total. The Balaban J connectivity index is 1.29. The van der Waals surface area contributed by atoms with E-state index in [1.807, 2.05) is 26.0 Å². The number of morpholine rings is 1. The van der Waals surface area contributed by atoms with Gasteiger partial charge in [-0.25, -0.2) is 17.2 Å². The molecule has 0 radical (unpaired) electrons. The summed E-state index contributed by atoms with van der Waals surface area (Å²) in [5, 5.41) is 13.5. The molecule has 1 aromatic heterocycles. The zero-order valence-corrected chi connectivity index (χ0v) is 26.0. The molecule has 3 aliphatic rings. The number of rotatable bonds is 8. The van der Waals surface area contributed by atoms with E-state index in [9.17, 15) is 26.8 Å². The van der Waals surface area contributed by atoms with Gasteiger partial charge in [0.15, 0.2) is 5.78 Å². The van der Waals surface area contributed by atoms with Crippen LogP contribution in [0.5, 0.6) is 0 Å². The molecule has 0 unspecified atom stereocenters. The van der Waals surface area contributed by atoms with Crippen LogP contribution < -0.4 is 15.5 Å². The van der Waals surface area contributed by atoms with Crippen molar-refractivity contribution in [3.8, 4) is 0 Å². The Morgan fingerprint density at radius 1 is 1.11 bits per heavy atom. The molecule has 2 saturated heterocycles. The van der Waals surface area contributed by atoms with Crippen molar-refractivity contribution < 1.29 is 31.5 Å². The maximum absolute atomic E-state index is 14.0. The maximum atomic E-state index is 14.0. The van der Waals surface area contributed by atoms with Crippen LogP contribution in [0.1, 0.15) is 54.0 Å². The van der Waals surface area contributed by atoms with E-state index in [2.05, 4.69) is 25.7 Å². The summed E-state index contributed by atoms with van der Waals surface area (Å²) in [7, 11) is -4.28. The second-order valence-electron chi connectivity index (χ2n) is 12.4. The van der Waals surface area contributed by atoms with Crippen LogP contribution in [-0.4, -0.2) is 80.0 Å². The van der Waals surface area contributed by atoms with Gasteiger partial charge in [-0.05, 0) is 49.7 Å².